The summed E-state index contributed by atoms with van der Waals surface area (Å²) in [5.74, 6) is -1.17. The Kier molecular flexibility index (Phi) is 6.74. The highest BCUT2D eigenvalue weighted by Crippen LogP contribution is 2.33. The van der Waals surface area contributed by atoms with Gasteiger partial charge in [0.15, 0.2) is 0 Å². The van der Waals surface area contributed by atoms with Crippen molar-refractivity contribution in [3.05, 3.63) is 76.9 Å². The zero-order valence-electron chi connectivity index (χ0n) is 20.4. The van der Waals surface area contributed by atoms with Gasteiger partial charge in [-0.25, -0.2) is 19.7 Å². The van der Waals surface area contributed by atoms with Crippen LogP contribution in [0.5, 0.6) is 0 Å². The first-order valence-corrected chi connectivity index (χ1v) is 12.1. The van der Waals surface area contributed by atoms with Gasteiger partial charge < -0.3 is 15.3 Å². The molecule has 0 saturated carbocycles. The molecule has 0 bridgehead atoms. The number of piperidine rings is 1. The van der Waals surface area contributed by atoms with E-state index in [1.807, 2.05) is 6.92 Å². The van der Waals surface area contributed by atoms with Crippen LogP contribution in [-0.4, -0.2) is 60.4 Å². The number of aromatic nitrogens is 3. The summed E-state index contributed by atoms with van der Waals surface area (Å²) in [6.07, 6.45) is 0.0632. The predicted molar refractivity (Wildman–Crippen MR) is 131 cm³/mol. The Hall–Kier alpha value is -4.06. The molecule has 1 aromatic carbocycles. The number of halogens is 3. The van der Waals surface area contributed by atoms with Gasteiger partial charge in [-0.1, -0.05) is 6.07 Å². The lowest BCUT2D eigenvalue weighted by atomic mass is 9.96. The van der Waals surface area contributed by atoms with E-state index >= 15 is 0 Å². The molecule has 5 rings (SSSR count). The van der Waals surface area contributed by atoms with Crippen molar-refractivity contribution in [3.63, 3.8) is 0 Å². The van der Waals surface area contributed by atoms with Crippen LogP contribution < -0.4 is 5.32 Å². The topological polar surface area (TPSA) is 112 Å². The third kappa shape index (κ3) is 5.30. The largest absolute Gasteiger partial charge is 0.477 e. The van der Waals surface area contributed by atoms with Crippen molar-refractivity contribution in [3.8, 4) is 0 Å². The lowest BCUT2D eigenvalue weighted by Crippen LogP contribution is -2.50. The molecule has 3 aromatic rings. The van der Waals surface area contributed by atoms with Gasteiger partial charge in [0.1, 0.15) is 5.69 Å². The number of fused-ring (bicyclic) bond motifs is 1. The standard InChI is InChI=1S/C26H25F3N6O3/c1-15-9-20(6-8-35(15)23(36)16-5-7-30-21(10-16)24(37)38)34-13-17-12-31-25(33-22(17)14-34)32-19-4-2-3-18(11-19)26(27,28)29/h2-5,7,10-12,15,20H,6,8-9,13-14H2,1H3,(H,37,38)(H,31,32,33)/t15-,20-/m1/s1. The number of pyridine rings is 1. The molecule has 1 saturated heterocycles. The molecule has 0 aliphatic carbocycles. The Balaban J connectivity index is 1.22. The Bertz CT molecular complexity index is 1380. The number of alkyl halides is 3. The van der Waals surface area contributed by atoms with E-state index in [0.717, 1.165) is 36.2 Å². The van der Waals surface area contributed by atoms with Gasteiger partial charge in [0, 0.05) is 60.9 Å². The second kappa shape index (κ2) is 10.0. The van der Waals surface area contributed by atoms with Crippen LogP contribution in [0.4, 0.5) is 24.8 Å². The molecule has 2 aliphatic heterocycles. The third-order valence-electron chi connectivity index (χ3n) is 6.98. The number of amides is 1. The van der Waals surface area contributed by atoms with E-state index in [1.54, 1.807) is 11.1 Å². The number of hydrogen-bond donors (Lipinski definition) is 2. The number of benzene rings is 1. The van der Waals surface area contributed by atoms with Crippen LogP contribution in [0, 0.1) is 0 Å². The van der Waals surface area contributed by atoms with Crippen molar-refractivity contribution >= 4 is 23.5 Å². The summed E-state index contributed by atoms with van der Waals surface area (Å²) in [5.41, 5.74) is 1.41. The molecule has 2 aliphatic rings. The minimum absolute atomic E-state index is 0.0596. The highest BCUT2D eigenvalue weighted by atomic mass is 19.4. The van der Waals surface area contributed by atoms with Crippen molar-refractivity contribution in [2.24, 2.45) is 0 Å². The van der Waals surface area contributed by atoms with Crippen LogP contribution in [-0.2, 0) is 19.3 Å². The number of nitrogens with one attached hydrogen (secondary N) is 1. The normalized spacial score (nSPS) is 19.7. The fraction of sp³-hybridized carbons (Fsp3) is 0.346. The van der Waals surface area contributed by atoms with Gasteiger partial charge in [0.25, 0.3) is 5.91 Å². The number of carboxylic acid groups (broad SMARTS) is 1. The molecule has 1 amide bonds. The van der Waals surface area contributed by atoms with E-state index in [-0.39, 0.29) is 35.3 Å². The van der Waals surface area contributed by atoms with E-state index < -0.39 is 17.7 Å². The van der Waals surface area contributed by atoms with Gasteiger partial charge in [0.05, 0.1) is 11.3 Å². The number of anilines is 2. The number of rotatable bonds is 5. The van der Waals surface area contributed by atoms with E-state index in [9.17, 15) is 22.8 Å². The number of carbonyl (C=O) groups excluding carboxylic acids is 1. The number of likely N-dealkylation sites (tertiary alicyclic amines) is 1. The fourth-order valence-corrected chi connectivity index (χ4v) is 5.03. The Morgan fingerprint density at radius 3 is 2.68 bits per heavy atom. The van der Waals surface area contributed by atoms with Gasteiger partial charge >= 0.3 is 12.1 Å². The van der Waals surface area contributed by atoms with Crippen LogP contribution in [0.2, 0.25) is 0 Å². The molecule has 9 nitrogen and oxygen atoms in total. The van der Waals surface area contributed by atoms with Crippen molar-refractivity contribution in [2.75, 3.05) is 11.9 Å². The summed E-state index contributed by atoms with van der Waals surface area (Å²) in [4.78, 5) is 40.9. The Morgan fingerprint density at radius 2 is 1.95 bits per heavy atom. The maximum atomic E-state index is 13.1. The molecular weight excluding hydrogens is 501 g/mol. The van der Waals surface area contributed by atoms with Crippen LogP contribution in [0.15, 0.2) is 48.8 Å². The highest BCUT2D eigenvalue weighted by Gasteiger charge is 2.35. The number of aromatic carboxylic acids is 1. The maximum absolute atomic E-state index is 13.1. The van der Waals surface area contributed by atoms with E-state index in [2.05, 4.69) is 25.2 Å². The molecule has 12 heteroatoms. The second-order valence-corrected chi connectivity index (χ2v) is 9.53. The summed E-state index contributed by atoms with van der Waals surface area (Å²) in [5, 5.41) is 12.0. The predicted octanol–water partition coefficient (Wildman–Crippen LogP) is 4.34. The van der Waals surface area contributed by atoms with Crippen molar-refractivity contribution in [2.45, 2.75) is 51.1 Å². The smallest absolute Gasteiger partial charge is 0.416 e. The SMILES string of the molecule is C[C@@H]1C[C@H](N2Cc3cnc(Nc4cccc(C(F)(F)F)c4)nc3C2)CCN1C(=O)c1ccnc(C(=O)O)c1. The monoisotopic (exact) mass is 526 g/mol. The van der Waals surface area contributed by atoms with Crippen LogP contribution >= 0.6 is 0 Å². The van der Waals surface area contributed by atoms with Crippen LogP contribution in [0.25, 0.3) is 0 Å². The molecule has 198 valence electrons. The van der Waals surface area contributed by atoms with Gasteiger partial charge in [-0.3, -0.25) is 9.69 Å². The van der Waals surface area contributed by atoms with Crippen molar-refractivity contribution in [1.29, 1.82) is 0 Å². The van der Waals surface area contributed by atoms with E-state index in [4.69, 9.17) is 5.11 Å². The first-order chi connectivity index (χ1) is 18.1. The molecule has 4 heterocycles. The molecule has 2 atom stereocenters. The minimum Gasteiger partial charge on any atom is -0.477 e. The number of nitrogens with zero attached hydrogens (tertiary/aromatic N) is 5. The van der Waals surface area contributed by atoms with Gasteiger partial charge in [-0.2, -0.15) is 13.2 Å². The minimum atomic E-state index is -4.44. The summed E-state index contributed by atoms with van der Waals surface area (Å²) < 4.78 is 39.1. The number of carbonyl (C=O) groups is 2. The third-order valence-corrected chi connectivity index (χ3v) is 6.98. The summed E-state index contributed by atoms with van der Waals surface area (Å²) in [7, 11) is 0. The van der Waals surface area contributed by atoms with Crippen molar-refractivity contribution in [1.82, 2.24) is 24.8 Å². The van der Waals surface area contributed by atoms with E-state index in [0.29, 0.717) is 25.2 Å². The lowest BCUT2D eigenvalue weighted by molar-refractivity contribution is -0.137. The zero-order chi connectivity index (χ0) is 27.0. The Morgan fingerprint density at radius 1 is 1.13 bits per heavy atom. The molecule has 0 radical (unpaired) electrons. The maximum Gasteiger partial charge on any atom is 0.416 e. The average molecular weight is 527 g/mol. The van der Waals surface area contributed by atoms with E-state index in [1.165, 1.54) is 30.5 Å². The first kappa shape index (κ1) is 25.6. The number of hydrogen-bond acceptors (Lipinski definition) is 7. The van der Waals surface area contributed by atoms with Crippen LogP contribution in [0.3, 0.4) is 0 Å². The Labute approximate surface area is 216 Å². The zero-order valence-corrected chi connectivity index (χ0v) is 20.4. The summed E-state index contributed by atoms with van der Waals surface area (Å²) in [6, 6.07) is 7.86. The molecule has 38 heavy (non-hydrogen) atoms. The average Bonchev–Trinajstić information content (AvgIpc) is 3.31. The number of carboxylic acids is 1. The summed E-state index contributed by atoms with van der Waals surface area (Å²) in [6.45, 7) is 3.73. The molecule has 0 spiro atoms. The molecule has 2 aromatic heterocycles. The fourth-order valence-electron chi connectivity index (χ4n) is 5.03. The lowest BCUT2D eigenvalue weighted by Gasteiger charge is -2.41. The van der Waals surface area contributed by atoms with Crippen LogP contribution in [0.1, 0.15) is 57.4 Å². The molecule has 0 unspecified atom stereocenters. The van der Waals surface area contributed by atoms with Crippen molar-refractivity contribution < 1.29 is 27.9 Å². The first-order valence-electron chi connectivity index (χ1n) is 12.1. The van der Waals surface area contributed by atoms with Gasteiger partial charge in [-0.15, -0.1) is 0 Å². The molecule has 2 N–H and O–H groups in total. The summed E-state index contributed by atoms with van der Waals surface area (Å²) >= 11 is 0. The molecular formula is C26H25F3N6O3. The van der Waals surface area contributed by atoms with Gasteiger partial charge in [-0.05, 0) is 50.1 Å². The second-order valence-electron chi connectivity index (χ2n) is 9.53. The molecule has 1 fully saturated rings. The highest BCUT2D eigenvalue weighted by molar-refractivity contribution is 5.96. The quantitative estimate of drug-likeness (QED) is 0.505. The van der Waals surface area contributed by atoms with Gasteiger partial charge in [0.2, 0.25) is 5.95 Å².